The Bertz CT molecular complexity index is 1600. The second-order valence-corrected chi connectivity index (χ2v) is 14.9. The average molecular weight is 638 g/mol. The van der Waals surface area contributed by atoms with Crippen molar-refractivity contribution in [2.24, 2.45) is 5.41 Å². The minimum Gasteiger partial charge on any atom is -0.462 e. The monoisotopic (exact) mass is 637 g/mol. The van der Waals surface area contributed by atoms with Crippen LogP contribution in [0.5, 0.6) is 0 Å². The number of thioether (sulfide) groups is 3. The first-order chi connectivity index (χ1) is 19.6. The summed E-state index contributed by atoms with van der Waals surface area (Å²) in [4.78, 5) is 29.2. The standard InChI is InChI=1S/C29H23N3O2S6/c1-2-28(33)34-12-29(13-35-19-3-6-25-22(9-19)30-16-38-25,14-36-20-4-7-26-23(10-20)31-17-39-26)15-37-21-5-8-27-24(11-21)32-18-40-27/h2-11,16-18H,1,12-15H2. The molecule has 0 saturated heterocycles. The predicted molar refractivity (Wildman–Crippen MR) is 175 cm³/mol. The van der Waals surface area contributed by atoms with E-state index in [0.717, 1.165) is 48.5 Å². The first-order valence-corrected chi connectivity index (χ1v) is 17.9. The van der Waals surface area contributed by atoms with Crippen LogP contribution >= 0.6 is 69.3 Å². The number of ether oxygens (including phenoxy) is 1. The number of carbonyl (C=O) groups is 1. The van der Waals surface area contributed by atoms with Gasteiger partial charge < -0.3 is 4.74 Å². The summed E-state index contributed by atoms with van der Waals surface area (Å²) in [7, 11) is 0. The molecule has 0 aliphatic heterocycles. The molecule has 6 rings (SSSR count). The van der Waals surface area contributed by atoms with E-state index in [1.54, 1.807) is 69.3 Å². The highest BCUT2D eigenvalue weighted by Gasteiger charge is 2.33. The summed E-state index contributed by atoms with van der Waals surface area (Å²) in [5.74, 6) is 1.90. The number of aromatic nitrogens is 3. The summed E-state index contributed by atoms with van der Waals surface area (Å²) >= 11 is 10.3. The zero-order valence-corrected chi connectivity index (χ0v) is 26.0. The quantitative estimate of drug-likeness (QED) is 0.0749. The fourth-order valence-corrected chi connectivity index (χ4v) is 9.75. The van der Waals surface area contributed by atoms with Crippen LogP contribution in [0.4, 0.5) is 0 Å². The normalized spacial score (nSPS) is 11.9. The van der Waals surface area contributed by atoms with Gasteiger partial charge in [-0.2, -0.15) is 0 Å². The third-order valence-corrected chi connectivity index (χ3v) is 12.7. The van der Waals surface area contributed by atoms with Gasteiger partial charge in [0.25, 0.3) is 0 Å². The zero-order chi connectivity index (χ0) is 27.4. The number of hydrogen-bond acceptors (Lipinski definition) is 11. The molecule has 0 atom stereocenters. The maximum absolute atomic E-state index is 12.2. The van der Waals surface area contributed by atoms with E-state index in [-0.39, 0.29) is 5.41 Å². The summed E-state index contributed by atoms with van der Waals surface area (Å²) in [5.41, 5.74) is 8.34. The van der Waals surface area contributed by atoms with Crippen molar-refractivity contribution in [1.82, 2.24) is 15.0 Å². The van der Waals surface area contributed by atoms with Gasteiger partial charge in [-0.3, -0.25) is 0 Å². The summed E-state index contributed by atoms with van der Waals surface area (Å²) in [5, 5.41) is 0. The van der Waals surface area contributed by atoms with Crippen LogP contribution in [0.15, 0.2) is 98.5 Å². The highest BCUT2D eigenvalue weighted by atomic mass is 32.2. The molecule has 0 aliphatic rings. The van der Waals surface area contributed by atoms with Crippen LogP contribution in [0.25, 0.3) is 30.6 Å². The van der Waals surface area contributed by atoms with Gasteiger partial charge in [0.2, 0.25) is 0 Å². The van der Waals surface area contributed by atoms with Crippen LogP contribution in [0, 0.1) is 5.41 Å². The van der Waals surface area contributed by atoms with Crippen LogP contribution in [-0.4, -0.2) is 44.8 Å². The fraction of sp³-hybridized carbons (Fsp3) is 0.172. The molecule has 0 N–H and O–H groups in total. The number of esters is 1. The largest absolute Gasteiger partial charge is 0.462 e. The van der Waals surface area contributed by atoms with Crippen molar-refractivity contribution in [3.63, 3.8) is 0 Å². The molecule has 0 saturated carbocycles. The number of carbonyl (C=O) groups excluding carboxylic acids is 1. The fourth-order valence-electron chi connectivity index (χ4n) is 4.02. The average Bonchev–Trinajstić information content (AvgIpc) is 3.76. The topological polar surface area (TPSA) is 65.0 Å². The summed E-state index contributed by atoms with van der Waals surface area (Å²) < 4.78 is 9.30. The molecule has 0 radical (unpaired) electrons. The van der Waals surface area contributed by atoms with Gasteiger partial charge in [-0.1, -0.05) is 6.58 Å². The maximum Gasteiger partial charge on any atom is 0.330 e. The number of benzene rings is 3. The lowest BCUT2D eigenvalue weighted by Crippen LogP contribution is -2.36. The smallest absolute Gasteiger partial charge is 0.330 e. The number of fused-ring (bicyclic) bond motifs is 3. The van der Waals surface area contributed by atoms with Crippen LogP contribution < -0.4 is 0 Å². The van der Waals surface area contributed by atoms with Crippen molar-refractivity contribution < 1.29 is 9.53 Å². The summed E-state index contributed by atoms with van der Waals surface area (Å²) in [6, 6.07) is 19.3. The van der Waals surface area contributed by atoms with E-state index < -0.39 is 5.97 Å². The summed E-state index contributed by atoms with van der Waals surface area (Å²) in [6.45, 7) is 3.90. The molecule has 40 heavy (non-hydrogen) atoms. The summed E-state index contributed by atoms with van der Waals surface area (Å²) in [6.07, 6.45) is 1.24. The molecule has 3 heterocycles. The molecule has 11 heteroatoms. The Morgan fingerprint density at radius 3 is 1.50 bits per heavy atom. The molecule has 0 spiro atoms. The third-order valence-electron chi connectivity index (χ3n) is 6.23. The van der Waals surface area contributed by atoms with Gasteiger partial charge in [0, 0.05) is 43.4 Å². The molecule has 5 nitrogen and oxygen atoms in total. The molecule has 3 aromatic carbocycles. The van der Waals surface area contributed by atoms with Crippen LogP contribution in [0.2, 0.25) is 0 Å². The zero-order valence-electron chi connectivity index (χ0n) is 21.1. The van der Waals surface area contributed by atoms with Gasteiger partial charge in [-0.05, 0) is 54.6 Å². The maximum atomic E-state index is 12.2. The first kappa shape index (κ1) is 27.7. The molecular formula is C29H23N3O2S6. The van der Waals surface area contributed by atoms with Gasteiger partial charge in [0.05, 0.1) is 53.8 Å². The highest BCUT2D eigenvalue weighted by molar-refractivity contribution is 8.01. The van der Waals surface area contributed by atoms with E-state index >= 15 is 0 Å². The van der Waals surface area contributed by atoms with E-state index in [2.05, 4.69) is 76.1 Å². The van der Waals surface area contributed by atoms with Crippen molar-refractivity contribution in [3.8, 4) is 0 Å². The molecular weight excluding hydrogens is 615 g/mol. The Hall–Kier alpha value is -2.41. The second-order valence-electron chi connectivity index (χ2n) is 9.12. The Morgan fingerprint density at radius 1 is 0.725 bits per heavy atom. The van der Waals surface area contributed by atoms with E-state index in [0.29, 0.717) is 6.61 Å². The van der Waals surface area contributed by atoms with Crippen molar-refractivity contribution in [1.29, 1.82) is 0 Å². The lowest BCUT2D eigenvalue weighted by molar-refractivity contribution is -0.140. The minimum atomic E-state index is -0.402. The van der Waals surface area contributed by atoms with E-state index in [4.69, 9.17) is 4.74 Å². The molecule has 202 valence electrons. The molecule has 3 aromatic heterocycles. The van der Waals surface area contributed by atoms with Crippen LogP contribution in [-0.2, 0) is 9.53 Å². The number of nitrogens with zero attached hydrogens (tertiary/aromatic N) is 3. The predicted octanol–water partition coefficient (Wildman–Crippen LogP) is 8.91. The molecule has 0 aliphatic carbocycles. The third kappa shape index (κ3) is 6.56. The molecule has 0 amide bonds. The van der Waals surface area contributed by atoms with Crippen LogP contribution in [0.1, 0.15) is 0 Å². The number of thiazole rings is 3. The molecule has 0 bridgehead atoms. The molecule has 0 unspecified atom stereocenters. The molecule has 0 fully saturated rings. The van der Waals surface area contributed by atoms with Gasteiger partial charge in [-0.15, -0.1) is 69.3 Å². The van der Waals surface area contributed by atoms with Crippen molar-refractivity contribution >= 4 is 106 Å². The van der Waals surface area contributed by atoms with Crippen molar-refractivity contribution in [2.45, 2.75) is 14.7 Å². The molecule has 6 aromatic rings. The van der Waals surface area contributed by atoms with E-state index in [1.165, 1.54) is 20.2 Å². The Balaban J connectivity index is 1.28. The lowest BCUT2D eigenvalue weighted by atomic mass is 9.97. The Kier molecular flexibility index (Phi) is 8.76. The number of hydrogen-bond donors (Lipinski definition) is 0. The van der Waals surface area contributed by atoms with Gasteiger partial charge in [0.15, 0.2) is 0 Å². The van der Waals surface area contributed by atoms with Gasteiger partial charge in [-0.25, -0.2) is 19.7 Å². The first-order valence-electron chi connectivity index (χ1n) is 12.3. The minimum absolute atomic E-state index is 0.293. The number of rotatable bonds is 12. The van der Waals surface area contributed by atoms with Gasteiger partial charge in [0.1, 0.15) is 0 Å². The Labute approximate surface area is 256 Å². The van der Waals surface area contributed by atoms with Crippen molar-refractivity contribution in [3.05, 3.63) is 83.8 Å². The van der Waals surface area contributed by atoms with E-state index in [1.807, 2.05) is 16.5 Å². The van der Waals surface area contributed by atoms with Crippen LogP contribution in [0.3, 0.4) is 0 Å². The SMILES string of the molecule is C=CC(=O)OCC(CSc1ccc2scnc2c1)(CSc1ccc2scnc2c1)CSc1ccc2scnc2c1. The van der Waals surface area contributed by atoms with Crippen molar-refractivity contribution in [2.75, 3.05) is 23.9 Å². The Morgan fingerprint density at radius 2 is 1.12 bits per heavy atom. The highest BCUT2D eigenvalue weighted by Crippen LogP contribution is 2.40. The lowest BCUT2D eigenvalue weighted by Gasteiger charge is -2.32. The second kappa shape index (κ2) is 12.6. The van der Waals surface area contributed by atoms with Gasteiger partial charge >= 0.3 is 5.97 Å². The van der Waals surface area contributed by atoms with E-state index in [9.17, 15) is 4.79 Å².